The molecular formula is C10H10F4N2O3. The first-order chi connectivity index (χ1) is 8.68. The van der Waals surface area contributed by atoms with E-state index in [2.05, 4.69) is 4.98 Å². The van der Waals surface area contributed by atoms with Gasteiger partial charge in [0, 0.05) is 11.8 Å². The van der Waals surface area contributed by atoms with Crippen molar-refractivity contribution in [3.63, 3.8) is 0 Å². The Morgan fingerprint density at radius 2 is 2.05 bits per heavy atom. The van der Waals surface area contributed by atoms with Crippen molar-refractivity contribution in [3.05, 3.63) is 33.6 Å². The number of aliphatic hydroxyl groups is 1. The zero-order valence-corrected chi connectivity index (χ0v) is 9.69. The molecule has 0 saturated carbocycles. The second-order valence-electron chi connectivity index (χ2n) is 3.85. The maximum atomic E-state index is 12.7. The number of hydrogen-bond donors (Lipinski definition) is 1. The number of alkyl halides is 4. The Morgan fingerprint density at radius 3 is 2.42 bits per heavy atom. The molecule has 0 bridgehead atoms. The second-order valence-corrected chi connectivity index (χ2v) is 3.85. The Bertz CT molecular complexity index is 478. The third kappa shape index (κ3) is 3.37. The topological polar surface area (TPSA) is 76.3 Å². The molecule has 1 rings (SSSR count). The minimum atomic E-state index is -4.99. The molecular weight excluding hydrogens is 272 g/mol. The van der Waals surface area contributed by atoms with Gasteiger partial charge in [-0.3, -0.25) is 19.5 Å². The Labute approximate surface area is 105 Å². The third-order valence-corrected chi connectivity index (χ3v) is 2.54. The molecule has 1 N–H and O–H groups in total. The first-order valence-electron chi connectivity index (χ1n) is 5.11. The van der Waals surface area contributed by atoms with Gasteiger partial charge in [-0.2, -0.15) is 13.2 Å². The van der Waals surface area contributed by atoms with Gasteiger partial charge in [-0.15, -0.1) is 0 Å². The minimum absolute atomic E-state index is 0.143. The standard InChI is InChI=1S/C10H10F4N2O3/c1-5-8(16(18)19)3-2-7(15-5)6(4-11)9(17)10(12,13)14/h2-3,6,9,17H,4H2,1H3. The molecule has 0 aromatic carbocycles. The largest absolute Gasteiger partial charge is 0.415 e. The van der Waals surface area contributed by atoms with Crippen molar-refractivity contribution in [2.45, 2.75) is 25.1 Å². The summed E-state index contributed by atoms with van der Waals surface area (Å²) < 4.78 is 49.7. The number of nitrogens with zero attached hydrogens (tertiary/aromatic N) is 2. The van der Waals surface area contributed by atoms with E-state index in [1.54, 1.807) is 0 Å². The first kappa shape index (κ1) is 15.3. The van der Waals surface area contributed by atoms with Crippen LogP contribution in [0.3, 0.4) is 0 Å². The number of aryl methyl sites for hydroxylation is 1. The molecule has 2 atom stereocenters. The van der Waals surface area contributed by atoms with Gasteiger partial charge in [-0.25, -0.2) is 0 Å². The van der Waals surface area contributed by atoms with Gasteiger partial charge in [0.1, 0.15) is 12.4 Å². The second kappa shape index (κ2) is 5.47. The fraction of sp³-hybridized carbons (Fsp3) is 0.500. The molecule has 1 aromatic rings. The van der Waals surface area contributed by atoms with E-state index in [9.17, 15) is 27.7 Å². The van der Waals surface area contributed by atoms with Crippen LogP contribution in [0.2, 0.25) is 0 Å². The molecule has 1 aromatic heterocycles. The fourth-order valence-corrected chi connectivity index (χ4v) is 1.53. The highest BCUT2D eigenvalue weighted by Crippen LogP contribution is 2.32. The quantitative estimate of drug-likeness (QED) is 0.522. The van der Waals surface area contributed by atoms with E-state index in [0.29, 0.717) is 0 Å². The van der Waals surface area contributed by atoms with Crippen LogP contribution in [0.15, 0.2) is 12.1 Å². The normalized spacial score (nSPS) is 15.1. The number of halogens is 4. The predicted octanol–water partition coefficient (Wildman–Crippen LogP) is 2.27. The summed E-state index contributed by atoms with van der Waals surface area (Å²) in [4.78, 5) is 13.3. The summed E-state index contributed by atoms with van der Waals surface area (Å²) >= 11 is 0. The van der Waals surface area contributed by atoms with E-state index in [4.69, 9.17) is 5.11 Å². The lowest BCUT2D eigenvalue weighted by molar-refractivity contribution is -0.385. The molecule has 0 amide bonds. The monoisotopic (exact) mass is 282 g/mol. The summed E-state index contributed by atoms with van der Waals surface area (Å²) in [5.74, 6) is -1.90. The molecule has 106 valence electrons. The van der Waals surface area contributed by atoms with Crippen LogP contribution in [0.4, 0.5) is 23.2 Å². The van der Waals surface area contributed by atoms with Gasteiger partial charge in [0.05, 0.1) is 10.8 Å². The minimum Gasteiger partial charge on any atom is -0.383 e. The smallest absolute Gasteiger partial charge is 0.383 e. The van der Waals surface area contributed by atoms with Crippen LogP contribution in [0, 0.1) is 17.0 Å². The summed E-state index contributed by atoms with van der Waals surface area (Å²) in [6.45, 7) is -0.262. The summed E-state index contributed by atoms with van der Waals surface area (Å²) in [5.41, 5.74) is -0.909. The van der Waals surface area contributed by atoms with Gasteiger partial charge in [-0.05, 0) is 13.0 Å². The first-order valence-corrected chi connectivity index (χ1v) is 5.11. The molecule has 0 fully saturated rings. The van der Waals surface area contributed by atoms with E-state index in [1.165, 1.54) is 6.92 Å². The number of aromatic nitrogens is 1. The van der Waals surface area contributed by atoms with Crippen LogP contribution >= 0.6 is 0 Å². The molecule has 1 heterocycles. The van der Waals surface area contributed by atoms with Gasteiger partial charge in [0.25, 0.3) is 5.69 Å². The zero-order valence-electron chi connectivity index (χ0n) is 9.69. The SMILES string of the molecule is Cc1nc(C(CF)C(O)C(F)(F)F)ccc1[N+](=O)[O-]. The van der Waals surface area contributed by atoms with Crippen LogP contribution in [0.5, 0.6) is 0 Å². The maximum absolute atomic E-state index is 12.7. The average Bonchev–Trinajstić information content (AvgIpc) is 2.28. The van der Waals surface area contributed by atoms with Crippen LogP contribution in [0.1, 0.15) is 17.3 Å². The summed E-state index contributed by atoms with van der Waals surface area (Å²) in [5, 5.41) is 19.6. The van der Waals surface area contributed by atoms with E-state index in [0.717, 1.165) is 12.1 Å². The van der Waals surface area contributed by atoms with Crippen molar-refractivity contribution in [1.29, 1.82) is 0 Å². The number of pyridine rings is 1. The molecule has 5 nitrogen and oxygen atoms in total. The average molecular weight is 282 g/mol. The van der Waals surface area contributed by atoms with Crippen molar-refractivity contribution in [1.82, 2.24) is 4.98 Å². The highest BCUT2D eigenvalue weighted by Gasteiger charge is 2.44. The zero-order chi connectivity index (χ0) is 14.8. The van der Waals surface area contributed by atoms with Gasteiger partial charge >= 0.3 is 6.18 Å². The van der Waals surface area contributed by atoms with E-state index < -0.39 is 29.8 Å². The van der Waals surface area contributed by atoms with E-state index in [-0.39, 0.29) is 17.1 Å². The van der Waals surface area contributed by atoms with Crippen molar-refractivity contribution in [2.24, 2.45) is 0 Å². The van der Waals surface area contributed by atoms with Crippen LogP contribution < -0.4 is 0 Å². The maximum Gasteiger partial charge on any atom is 0.415 e. The molecule has 0 spiro atoms. The van der Waals surface area contributed by atoms with Crippen molar-refractivity contribution < 1.29 is 27.6 Å². The highest BCUT2D eigenvalue weighted by atomic mass is 19.4. The Morgan fingerprint density at radius 1 is 1.47 bits per heavy atom. The predicted molar refractivity (Wildman–Crippen MR) is 56.4 cm³/mol. The Kier molecular flexibility index (Phi) is 4.40. The fourth-order valence-electron chi connectivity index (χ4n) is 1.53. The van der Waals surface area contributed by atoms with Gasteiger partial charge in [0.15, 0.2) is 6.10 Å². The molecule has 2 unspecified atom stereocenters. The molecule has 0 aliphatic carbocycles. The van der Waals surface area contributed by atoms with Crippen molar-refractivity contribution in [3.8, 4) is 0 Å². The van der Waals surface area contributed by atoms with Crippen molar-refractivity contribution >= 4 is 5.69 Å². The number of nitro groups is 1. The Hall–Kier alpha value is -1.77. The lowest BCUT2D eigenvalue weighted by atomic mass is 9.98. The summed E-state index contributed by atoms with van der Waals surface area (Å²) in [6, 6.07) is 1.84. The molecule has 0 aliphatic rings. The Balaban J connectivity index is 3.14. The number of aliphatic hydroxyl groups excluding tert-OH is 1. The molecule has 0 saturated heterocycles. The van der Waals surface area contributed by atoms with Crippen LogP contribution in [-0.2, 0) is 0 Å². The molecule has 0 aliphatic heterocycles. The van der Waals surface area contributed by atoms with Gasteiger partial charge in [0.2, 0.25) is 0 Å². The van der Waals surface area contributed by atoms with E-state index in [1.807, 2.05) is 0 Å². The number of rotatable bonds is 4. The summed E-state index contributed by atoms with van der Waals surface area (Å²) in [6.07, 6.45) is -7.90. The lowest BCUT2D eigenvalue weighted by Crippen LogP contribution is -2.36. The van der Waals surface area contributed by atoms with Crippen molar-refractivity contribution in [2.75, 3.05) is 6.67 Å². The van der Waals surface area contributed by atoms with E-state index >= 15 is 0 Å². The van der Waals surface area contributed by atoms with Gasteiger partial charge in [-0.1, -0.05) is 0 Å². The van der Waals surface area contributed by atoms with Crippen LogP contribution in [0.25, 0.3) is 0 Å². The lowest BCUT2D eigenvalue weighted by Gasteiger charge is -2.22. The van der Waals surface area contributed by atoms with Crippen LogP contribution in [-0.4, -0.2) is 34.0 Å². The third-order valence-electron chi connectivity index (χ3n) is 2.54. The number of hydrogen-bond acceptors (Lipinski definition) is 4. The molecule has 9 heteroatoms. The summed E-state index contributed by atoms with van der Waals surface area (Å²) in [7, 11) is 0. The molecule has 19 heavy (non-hydrogen) atoms. The van der Waals surface area contributed by atoms with Gasteiger partial charge < -0.3 is 5.11 Å². The highest BCUT2D eigenvalue weighted by molar-refractivity contribution is 5.36. The molecule has 0 radical (unpaired) electrons.